The topological polar surface area (TPSA) is 30.9 Å². The number of hydrogen-bond acceptors (Lipinski definition) is 4. The molecule has 19 heavy (non-hydrogen) atoms. The molecule has 3 radical (unpaired) electrons. The van der Waals surface area contributed by atoms with Gasteiger partial charge in [0.2, 0.25) is 0 Å². The average Bonchev–Trinajstić information content (AvgIpc) is 2.94. The molecule has 0 aromatic heterocycles. The third-order valence-corrected chi connectivity index (χ3v) is 5.48. The molecule has 0 aromatic rings. The van der Waals surface area contributed by atoms with E-state index in [9.17, 15) is 0 Å². The van der Waals surface area contributed by atoms with Gasteiger partial charge in [-0.25, -0.2) is 0 Å². The van der Waals surface area contributed by atoms with E-state index in [4.69, 9.17) is 14.2 Å². The number of rotatable bonds is 6. The molecule has 2 aliphatic heterocycles. The van der Waals surface area contributed by atoms with Crippen molar-refractivity contribution in [1.29, 1.82) is 0 Å². The van der Waals surface area contributed by atoms with Crippen molar-refractivity contribution in [3.8, 4) is 0 Å². The van der Waals surface area contributed by atoms with Gasteiger partial charge in [-0.3, -0.25) is 4.90 Å². The first kappa shape index (κ1) is 15.3. The highest BCUT2D eigenvalue weighted by atomic mass is 16.7. The predicted molar refractivity (Wildman–Crippen MR) is 74.1 cm³/mol. The maximum Gasteiger partial charge on any atom is 0.147 e. The van der Waals surface area contributed by atoms with E-state index in [2.05, 4.69) is 11.8 Å². The van der Waals surface area contributed by atoms with Crippen LogP contribution in [0.3, 0.4) is 0 Å². The van der Waals surface area contributed by atoms with Crippen LogP contribution in [-0.2, 0) is 14.2 Å². The summed E-state index contributed by atoms with van der Waals surface area (Å²) < 4.78 is 16.3. The van der Waals surface area contributed by atoms with Gasteiger partial charge in [0.25, 0.3) is 0 Å². The molecule has 1 aliphatic carbocycles. The second-order valence-corrected chi connectivity index (χ2v) is 6.07. The number of hydrogen-bond donors (Lipinski definition) is 0. The van der Waals surface area contributed by atoms with Crippen LogP contribution < -0.4 is 0 Å². The summed E-state index contributed by atoms with van der Waals surface area (Å²) in [6.45, 7) is 6.50. The molecular formula is C14H25BNO3. The zero-order valence-corrected chi connectivity index (χ0v) is 12.1. The first-order valence-electron chi connectivity index (χ1n) is 7.20. The van der Waals surface area contributed by atoms with Crippen LogP contribution in [0.5, 0.6) is 0 Å². The second-order valence-electron chi connectivity index (χ2n) is 6.07. The van der Waals surface area contributed by atoms with Crippen molar-refractivity contribution < 1.29 is 14.2 Å². The van der Waals surface area contributed by atoms with Gasteiger partial charge >= 0.3 is 0 Å². The first-order valence-corrected chi connectivity index (χ1v) is 7.20. The van der Waals surface area contributed by atoms with Gasteiger partial charge in [-0.1, -0.05) is 0 Å². The molecule has 0 aromatic carbocycles. The monoisotopic (exact) mass is 266 g/mol. The molecule has 2 saturated heterocycles. The molecule has 0 unspecified atom stereocenters. The summed E-state index contributed by atoms with van der Waals surface area (Å²) in [5.41, 5.74) is 0.428. The Balaban J connectivity index is 0.00000133. The Bertz CT molecular complexity index is 304. The van der Waals surface area contributed by atoms with Gasteiger partial charge in [-0.05, 0) is 38.6 Å². The van der Waals surface area contributed by atoms with Crippen molar-refractivity contribution in [2.45, 2.75) is 37.8 Å². The second kappa shape index (κ2) is 6.12. The summed E-state index contributed by atoms with van der Waals surface area (Å²) in [6, 6.07) is 0. The van der Waals surface area contributed by atoms with E-state index in [0.717, 1.165) is 18.4 Å². The average molecular weight is 266 g/mol. The number of methoxy groups -OCH3 is 1. The van der Waals surface area contributed by atoms with Gasteiger partial charge in [-0.2, -0.15) is 0 Å². The van der Waals surface area contributed by atoms with Crippen LogP contribution in [0, 0.1) is 11.8 Å². The van der Waals surface area contributed by atoms with E-state index in [1.165, 1.54) is 25.8 Å². The lowest BCUT2D eigenvalue weighted by Gasteiger charge is -2.32. The summed E-state index contributed by atoms with van der Waals surface area (Å²) in [7, 11) is 1.69. The fourth-order valence-electron chi connectivity index (χ4n) is 4.45. The molecular weight excluding hydrogens is 241 g/mol. The van der Waals surface area contributed by atoms with Gasteiger partial charge in [0.15, 0.2) is 0 Å². The van der Waals surface area contributed by atoms with Crippen LogP contribution in [0.1, 0.15) is 26.2 Å². The molecule has 107 valence electrons. The summed E-state index contributed by atoms with van der Waals surface area (Å²) >= 11 is 0. The highest BCUT2D eigenvalue weighted by molar-refractivity contribution is 5.75. The van der Waals surface area contributed by atoms with Gasteiger partial charge in [0.1, 0.15) is 6.79 Å². The van der Waals surface area contributed by atoms with E-state index in [1.807, 2.05) is 0 Å². The van der Waals surface area contributed by atoms with Gasteiger partial charge < -0.3 is 14.2 Å². The molecule has 4 atom stereocenters. The van der Waals surface area contributed by atoms with Gasteiger partial charge in [0, 0.05) is 33.5 Å². The minimum absolute atomic E-state index is 0. The Morgan fingerprint density at radius 2 is 2.05 bits per heavy atom. The molecule has 0 amide bonds. The Hall–Kier alpha value is -0.0951. The normalized spacial score (nSPS) is 40.4. The van der Waals surface area contributed by atoms with Crippen molar-refractivity contribution >= 4 is 8.41 Å². The molecule has 2 heterocycles. The third kappa shape index (κ3) is 2.46. The van der Waals surface area contributed by atoms with E-state index in [-0.39, 0.29) is 8.41 Å². The third-order valence-electron chi connectivity index (χ3n) is 5.48. The molecule has 1 saturated carbocycles. The van der Waals surface area contributed by atoms with Crippen LogP contribution in [0.2, 0.25) is 0 Å². The Morgan fingerprint density at radius 1 is 1.21 bits per heavy atom. The van der Waals surface area contributed by atoms with Crippen LogP contribution in [0.25, 0.3) is 0 Å². The van der Waals surface area contributed by atoms with Crippen molar-refractivity contribution in [3.05, 3.63) is 0 Å². The lowest BCUT2D eigenvalue weighted by Crippen LogP contribution is -2.41. The van der Waals surface area contributed by atoms with Crippen LogP contribution in [-0.4, -0.2) is 65.2 Å². The molecule has 3 rings (SSSR count). The number of ether oxygens (including phenoxy) is 3. The highest BCUT2D eigenvalue weighted by Gasteiger charge is 2.61. The molecule has 0 spiro atoms. The fraction of sp³-hybridized carbons (Fsp3) is 1.00. The van der Waals surface area contributed by atoms with Crippen LogP contribution in [0.4, 0.5) is 0 Å². The zero-order chi connectivity index (χ0) is 12.6. The molecule has 5 heteroatoms. The Morgan fingerprint density at radius 3 is 2.84 bits per heavy atom. The zero-order valence-electron chi connectivity index (χ0n) is 12.1. The van der Waals surface area contributed by atoms with Crippen molar-refractivity contribution in [2.24, 2.45) is 11.8 Å². The maximum absolute atomic E-state index is 5.96. The lowest BCUT2D eigenvalue weighted by molar-refractivity contribution is -0.105. The summed E-state index contributed by atoms with van der Waals surface area (Å²) in [5, 5.41) is 0. The predicted octanol–water partition coefficient (Wildman–Crippen LogP) is 1.12. The SMILES string of the molecule is COCCOCO[C@@H]1CN2CC[C@@H]3CC[C@H]1[C@@]32C.[B]. The quantitative estimate of drug-likeness (QED) is 0.409. The molecule has 3 aliphatic rings. The van der Waals surface area contributed by atoms with E-state index >= 15 is 0 Å². The van der Waals surface area contributed by atoms with Crippen LogP contribution in [0.15, 0.2) is 0 Å². The minimum atomic E-state index is 0. The van der Waals surface area contributed by atoms with Crippen LogP contribution >= 0.6 is 0 Å². The van der Waals surface area contributed by atoms with E-state index < -0.39 is 0 Å². The van der Waals surface area contributed by atoms with Crippen molar-refractivity contribution in [2.75, 3.05) is 40.2 Å². The smallest absolute Gasteiger partial charge is 0.147 e. The van der Waals surface area contributed by atoms with E-state index in [1.54, 1.807) is 7.11 Å². The molecule has 0 bridgehead atoms. The molecule has 3 fully saturated rings. The minimum Gasteiger partial charge on any atom is -0.382 e. The molecule has 4 nitrogen and oxygen atoms in total. The summed E-state index contributed by atoms with van der Waals surface area (Å²) in [5.74, 6) is 1.63. The number of nitrogens with zero attached hydrogens (tertiary/aromatic N) is 1. The standard InChI is InChI=1S/C14H25NO3.B/c1-14-11-3-4-12(14)13(9-15(14)6-5-11)18-10-17-8-7-16-2;/h11-13H,3-10H2,1-2H3;/t11-,12+,13+,14+;/m0./s1. The first-order chi connectivity index (χ1) is 8.76. The summed E-state index contributed by atoms with van der Waals surface area (Å²) in [4.78, 5) is 2.66. The van der Waals surface area contributed by atoms with Gasteiger partial charge in [0.05, 0.1) is 19.3 Å². The van der Waals surface area contributed by atoms with Gasteiger partial charge in [-0.15, -0.1) is 0 Å². The van der Waals surface area contributed by atoms with Crippen molar-refractivity contribution in [1.82, 2.24) is 4.90 Å². The molecule has 0 N–H and O–H groups in total. The Labute approximate surface area is 118 Å². The lowest BCUT2D eigenvalue weighted by atomic mass is 9.84. The highest BCUT2D eigenvalue weighted by Crippen LogP contribution is 2.55. The van der Waals surface area contributed by atoms with Crippen molar-refractivity contribution in [3.63, 3.8) is 0 Å². The Kier molecular flexibility index (Phi) is 4.93. The largest absolute Gasteiger partial charge is 0.382 e. The fourth-order valence-corrected chi connectivity index (χ4v) is 4.45. The summed E-state index contributed by atoms with van der Waals surface area (Å²) in [6.07, 6.45) is 4.50. The maximum atomic E-state index is 5.96. The van der Waals surface area contributed by atoms with E-state index in [0.29, 0.717) is 31.6 Å².